The van der Waals surface area contributed by atoms with Gasteiger partial charge in [0.1, 0.15) is 17.5 Å². The van der Waals surface area contributed by atoms with Crippen LogP contribution >= 0.6 is 0 Å². The van der Waals surface area contributed by atoms with Crippen LogP contribution in [-0.2, 0) is 0 Å². The molecule has 0 radical (unpaired) electrons. The van der Waals surface area contributed by atoms with E-state index in [-0.39, 0.29) is 0 Å². The first-order valence-corrected chi connectivity index (χ1v) is 8.15. The van der Waals surface area contributed by atoms with E-state index < -0.39 is 0 Å². The molecule has 0 aliphatic rings. The third kappa shape index (κ3) is 3.93. The van der Waals surface area contributed by atoms with E-state index in [1.54, 1.807) is 12.1 Å². The zero-order chi connectivity index (χ0) is 17.6. The van der Waals surface area contributed by atoms with Crippen molar-refractivity contribution in [2.24, 2.45) is 0 Å². The van der Waals surface area contributed by atoms with Gasteiger partial charge in [-0.1, -0.05) is 24.3 Å². The number of hydrogen-bond acceptors (Lipinski definition) is 5. The SMILES string of the molecule is CCN(c1ccccc1)c1cc(Nc2cccc(C#N)c2)nc(C)n1. The van der Waals surface area contributed by atoms with E-state index in [2.05, 4.69) is 45.3 Å². The number of rotatable bonds is 5. The lowest BCUT2D eigenvalue weighted by atomic mass is 10.2. The number of nitriles is 1. The van der Waals surface area contributed by atoms with Gasteiger partial charge in [-0.2, -0.15) is 5.26 Å². The molecule has 0 fully saturated rings. The standard InChI is InChI=1S/C20H19N5/c1-3-25(18-10-5-4-6-11-18)20-13-19(22-15(2)23-20)24-17-9-7-8-16(12-17)14-21/h4-13H,3H2,1-2H3,(H,22,23,24). The summed E-state index contributed by atoms with van der Waals surface area (Å²) in [6, 6.07) is 21.5. The number of nitrogens with one attached hydrogen (secondary N) is 1. The average Bonchev–Trinajstić information content (AvgIpc) is 2.63. The molecule has 1 heterocycles. The summed E-state index contributed by atoms with van der Waals surface area (Å²) < 4.78 is 0. The van der Waals surface area contributed by atoms with Crippen molar-refractivity contribution in [1.29, 1.82) is 5.26 Å². The molecule has 0 bridgehead atoms. The summed E-state index contributed by atoms with van der Waals surface area (Å²) in [6.45, 7) is 4.76. The summed E-state index contributed by atoms with van der Waals surface area (Å²) in [7, 11) is 0. The second-order valence-electron chi connectivity index (χ2n) is 5.56. The summed E-state index contributed by atoms with van der Waals surface area (Å²) in [4.78, 5) is 11.2. The number of para-hydroxylation sites is 1. The first-order valence-electron chi connectivity index (χ1n) is 8.15. The summed E-state index contributed by atoms with van der Waals surface area (Å²) >= 11 is 0. The third-order valence-corrected chi connectivity index (χ3v) is 3.75. The fourth-order valence-corrected chi connectivity index (χ4v) is 2.65. The van der Waals surface area contributed by atoms with Gasteiger partial charge in [-0.3, -0.25) is 0 Å². The first-order chi connectivity index (χ1) is 12.2. The molecule has 1 aromatic heterocycles. The minimum absolute atomic E-state index is 0.607. The topological polar surface area (TPSA) is 64.8 Å². The Morgan fingerprint density at radius 2 is 1.84 bits per heavy atom. The van der Waals surface area contributed by atoms with Crippen molar-refractivity contribution < 1.29 is 0 Å². The minimum atomic E-state index is 0.607. The van der Waals surface area contributed by atoms with E-state index in [1.165, 1.54) is 0 Å². The number of benzene rings is 2. The quantitative estimate of drug-likeness (QED) is 0.743. The van der Waals surface area contributed by atoms with Crippen LogP contribution in [0, 0.1) is 18.3 Å². The van der Waals surface area contributed by atoms with Gasteiger partial charge in [0.25, 0.3) is 0 Å². The highest BCUT2D eigenvalue weighted by atomic mass is 15.2. The predicted octanol–water partition coefficient (Wildman–Crippen LogP) is 4.56. The Hall–Kier alpha value is -3.39. The predicted molar refractivity (Wildman–Crippen MR) is 100 cm³/mol. The molecule has 0 saturated heterocycles. The molecular formula is C20H19N5. The second-order valence-corrected chi connectivity index (χ2v) is 5.56. The largest absolute Gasteiger partial charge is 0.340 e. The van der Waals surface area contributed by atoms with Gasteiger partial charge in [0.2, 0.25) is 0 Å². The molecule has 3 aromatic rings. The summed E-state index contributed by atoms with van der Waals surface area (Å²) in [5, 5.41) is 12.3. The molecule has 0 saturated carbocycles. The van der Waals surface area contributed by atoms with E-state index in [0.29, 0.717) is 17.2 Å². The van der Waals surface area contributed by atoms with Crippen molar-refractivity contribution in [3.8, 4) is 6.07 Å². The monoisotopic (exact) mass is 329 g/mol. The van der Waals surface area contributed by atoms with Crippen molar-refractivity contribution >= 4 is 23.0 Å². The Morgan fingerprint density at radius 1 is 1.04 bits per heavy atom. The lowest BCUT2D eigenvalue weighted by molar-refractivity contribution is 0.953. The van der Waals surface area contributed by atoms with Gasteiger partial charge in [0.05, 0.1) is 11.6 Å². The van der Waals surface area contributed by atoms with Crippen molar-refractivity contribution in [3.63, 3.8) is 0 Å². The van der Waals surface area contributed by atoms with Gasteiger partial charge in [-0.15, -0.1) is 0 Å². The lowest BCUT2D eigenvalue weighted by Crippen LogP contribution is -2.18. The molecule has 0 spiro atoms. The van der Waals surface area contributed by atoms with Crippen molar-refractivity contribution in [2.75, 3.05) is 16.8 Å². The van der Waals surface area contributed by atoms with E-state index in [4.69, 9.17) is 5.26 Å². The number of nitrogens with zero attached hydrogens (tertiary/aromatic N) is 4. The molecule has 25 heavy (non-hydrogen) atoms. The Labute approximate surface area is 147 Å². The molecule has 2 aromatic carbocycles. The highest BCUT2D eigenvalue weighted by molar-refractivity contribution is 5.65. The van der Waals surface area contributed by atoms with Gasteiger partial charge in [-0.05, 0) is 44.2 Å². The molecule has 0 amide bonds. The summed E-state index contributed by atoms with van der Waals surface area (Å²) in [5.74, 6) is 2.22. The van der Waals surface area contributed by atoms with E-state index in [0.717, 1.165) is 23.7 Å². The van der Waals surface area contributed by atoms with E-state index in [1.807, 2.05) is 43.3 Å². The number of aryl methyl sites for hydroxylation is 1. The second kappa shape index (κ2) is 7.45. The zero-order valence-electron chi connectivity index (χ0n) is 14.3. The minimum Gasteiger partial charge on any atom is -0.340 e. The molecule has 0 atom stereocenters. The molecular weight excluding hydrogens is 310 g/mol. The first kappa shape index (κ1) is 16.5. The van der Waals surface area contributed by atoms with E-state index in [9.17, 15) is 0 Å². The Kier molecular flexibility index (Phi) is 4.91. The van der Waals surface area contributed by atoms with Gasteiger partial charge < -0.3 is 10.2 Å². The van der Waals surface area contributed by atoms with E-state index >= 15 is 0 Å². The molecule has 5 heteroatoms. The van der Waals surface area contributed by atoms with Crippen LogP contribution in [0.2, 0.25) is 0 Å². The van der Waals surface area contributed by atoms with Crippen molar-refractivity contribution in [1.82, 2.24) is 9.97 Å². The van der Waals surface area contributed by atoms with Gasteiger partial charge in [-0.25, -0.2) is 9.97 Å². The Balaban J connectivity index is 1.93. The molecule has 0 aliphatic carbocycles. The van der Waals surface area contributed by atoms with Gasteiger partial charge >= 0.3 is 0 Å². The smallest absolute Gasteiger partial charge is 0.138 e. The highest BCUT2D eigenvalue weighted by Gasteiger charge is 2.11. The number of aromatic nitrogens is 2. The maximum atomic E-state index is 9.04. The van der Waals surface area contributed by atoms with Crippen LogP contribution in [0.5, 0.6) is 0 Å². The number of hydrogen-bond donors (Lipinski definition) is 1. The molecule has 1 N–H and O–H groups in total. The van der Waals surface area contributed by atoms with Crippen LogP contribution in [0.1, 0.15) is 18.3 Å². The highest BCUT2D eigenvalue weighted by Crippen LogP contribution is 2.26. The molecule has 3 rings (SSSR count). The lowest BCUT2D eigenvalue weighted by Gasteiger charge is -2.23. The van der Waals surface area contributed by atoms with Crippen LogP contribution in [0.3, 0.4) is 0 Å². The zero-order valence-corrected chi connectivity index (χ0v) is 14.3. The van der Waals surface area contributed by atoms with Crippen LogP contribution in [0.25, 0.3) is 0 Å². The van der Waals surface area contributed by atoms with Crippen molar-refractivity contribution in [2.45, 2.75) is 13.8 Å². The fraction of sp³-hybridized carbons (Fsp3) is 0.150. The maximum Gasteiger partial charge on any atom is 0.138 e. The van der Waals surface area contributed by atoms with Crippen molar-refractivity contribution in [3.05, 3.63) is 72.1 Å². The van der Waals surface area contributed by atoms with Gasteiger partial charge in [0.15, 0.2) is 0 Å². The molecule has 5 nitrogen and oxygen atoms in total. The fourth-order valence-electron chi connectivity index (χ4n) is 2.65. The maximum absolute atomic E-state index is 9.04. The van der Waals surface area contributed by atoms with Gasteiger partial charge in [0, 0.05) is 24.0 Å². The van der Waals surface area contributed by atoms with Crippen LogP contribution in [0.15, 0.2) is 60.7 Å². The average molecular weight is 329 g/mol. The molecule has 124 valence electrons. The summed E-state index contributed by atoms with van der Waals surface area (Å²) in [6.07, 6.45) is 0. The summed E-state index contributed by atoms with van der Waals surface area (Å²) in [5.41, 5.74) is 2.52. The number of anilines is 4. The van der Waals surface area contributed by atoms with Crippen LogP contribution < -0.4 is 10.2 Å². The Bertz CT molecular complexity index is 899. The third-order valence-electron chi connectivity index (χ3n) is 3.75. The Morgan fingerprint density at radius 3 is 2.56 bits per heavy atom. The van der Waals surface area contributed by atoms with Crippen LogP contribution in [0.4, 0.5) is 23.0 Å². The normalized spacial score (nSPS) is 10.1. The molecule has 0 unspecified atom stereocenters. The molecule has 0 aliphatic heterocycles. The van der Waals surface area contributed by atoms with Crippen LogP contribution in [-0.4, -0.2) is 16.5 Å².